The number of hydrogen-bond acceptors (Lipinski definition) is 7. The van der Waals surface area contributed by atoms with Crippen LogP contribution in [0.1, 0.15) is 61.6 Å². The summed E-state index contributed by atoms with van der Waals surface area (Å²) in [5.74, 6) is 0.134. The van der Waals surface area contributed by atoms with Gasteiger partial charge in [-0.2, -0.15) is 0 Å². The summed E-state index contributed by atoms with van der Waals surface area (Å²) in [7, 11) is 0. The maximum Gasteiger partial charge on any atom is 0.302 e. The Balaban J connectivity index is 1.24. The van der Waals surface area contributed by atoms with Crippen molar-refractivity contribution in [3.63, 3.8) is 0 Å². The highest BCUT2D eigenvalue weighted by Crippen LogP contribution is 2.36. The van der Waals surface area contributed by atoms with Gasteiger partial charge in [-0.05, 0) is 53.8 Å². The molecule has 1 aliphatic heterocycles. The van der Waals surface area contributed by atoms with Crippen LogP contribution >= 0.6 is 0 Å². The molecular formula is C36H41NO7. The van der Waals surface area contributed by atoms with Crippen molar-refractivity contribution in [1.29, 1.82) is 0 Å². The number of fused-ring (bicyclic) bond motifs is 1. The van der Waals surface area contributed by atoms with Crippen molar-refractivity contribution in [2.24, 2.45) is 0 Å². The molecule has 4 aromatic rings. The number of benzene rings is 3. The molecule has 0 saturated carbocycles. The smallest absolute Gasteiger partial charge is 0.302 e. The second-order valence-corrected chi connectivity index (χ2v) is 11.3. The van der Waals surface area contributed by atoms with E-state index in [4.69, 9.17) is 23.7 Å². The molecule has 1 fully saturated rings. The maximum absolute atomic E-state index is 11.8. The van der Waals surface area contributed by atoms with E-state index in [1.165, 1.54) is 41.5 Å². The van der Waals surface area contributed by atoms with Crippen molar-refractivity contribution in [2.45, 2.75) is 71.5 Å². The van der Waals surface area contributed by atoms with Crippen LogP contribution in [-0.4, -0.2) is 48.5 Å². The monoisotopic (exact) mass is 599 g/mol. The van der Waals surface area contributed by atoms with Gasteiger partial charge in [-0.1, -0.05) is 54.6 Å². The van der Waals surface area contributed by atoms with Crippen LogP contribution in [-0.2, 0) is 41.6 Å². The second-order valence-electron chi connectivity index (χ2n) is 11.3. The predicted octanol–water partition coefficient (Wildman–Crippen LogP) is 6.70. The molecule has 0 aliphatic carbocycles. The Labute approximate surface area is 258 Å². The molecule has 0 bridgehead atoms. The van der Waals surface area contributed by atoms with E-state index in [-0.39, 0.29) is 37.0 Å². The summed E-state index contributed by atoms with van der Waals surface area (Å²) in [5, 5.41) is 1.18. The zero-order chi connectivity index (χ0) is 30.9. The third-order valence-corrected chi connectivity index (χ3v) is 7.73. The van der Waals surface area contributed by atoms with Gasteiger partial charge in [-0.25, -0.2) is 0 Å². The van der Waals surface area contributed by atoms with Crippen LogP contribution in [0.4, 0.5) is 0 Å². The minimum absolute atomic E-state index is 0.115. The van der Waals surface area contributed by atoms with Crippen LogP contribution in [0, 0.1) is 6.92 Å². The third-order valence-electron chi connectivity index (χ3n) is 7.73. The molecule has 0 amide bonds. The summed E-state index contributed by atoms with van der Waals surface area (Å²) in [6.45, 7) is 6.87. The first kappa shape index (κ1) is 31.3. The highest BCUT2D eigenvalue weighted by atomic mass is 16.6. The van der Waals surface area contributed by atoms with Crippen LogP contribution in [0.3, 0.4) is 0 Å². The molecule has 2 heterocycles. The summed E-state index contributed by atoms with van der Waals surface area (Å²) < 4.78 is 31.1. The van der Waals surface area contributed by atoms with Gasteiger partial charge in [0.15, 0.2) is 0 Å². The average Bonchev–Trinajstić information content (AvgIpc) is 3.38. The number of nitrogens with zero attached hydrogens (tertiary/aromatic N) is 1. The average molecular weight is 600 g/mol. The molecule has 0 radical (unpaired) electrons. The lowest BCUT2D eigenvalue weighted by atomic mass is 10.0. The Kier molecular flexibility index (Phi) is 10.7. The van der Waals surface area contributed by atoms with E-state index >= 15 is 0 Å². The Morgan fingerprint density at radius 1 is 0.886 bits per heavy atom. The van der Waals surface area contributed by atoms with E-state index in [1.807, 2.05) is 36.4 Å². The topological polar surface area (TPSA) is 85.2 Å². The molecule has 3 aromatic carbocycles. The van der Waals surface area contributed by atoms with Crippen LogP contribution in [0.25, 0.3) is 10.9 Å². The molecule has 1 aliphatic rings. The van der Waals surface area contributed by atoms with Crippen LogP contribution in [0.2, 0.25) is 0 Å². The van der Waals surface area contributed by atoms with Gasteiger partial charge in [0, 0.05) is 44.7 Å². The van der Waals surface area contributed by atoms with Gasteiger partial charge in [-0.3, -0.25) is 9.59 Å². The lowest BCUT2D eigenvalue weighted by molar-refractivity contribution is -0.178. The van der Waals surface area contributed by atoms with E-state index in [2.05, 4.69) is 54.1 Å². The number of aryl methyl sites for hydroxylation is 1. The molecule has 8 nitrogen and oxygen atoms in total. The maximum atomic E-state index is 11.8. The van der Waals surface area contributed by atoms with E-state index in [0.29, 0.717) is 32.7 Å². The lowest BCUT2D eigenvalue weighted by Crippen LogP contribution is -2.38. The molecule has 3 atom stereocenters. The van der Waals surface area contributed by atoms with Gasteiger partial charge < -0.3 is 28.3 Å². The Bertz CT molecular complexity index is 1530. The minimum atomic E-state index is -0.379. The summed E-state index contributed by atoms with van der Waals surface area (Å²) in [5.41, 5.74) is 5.74. The third kappa shape index (κ3) is 8.49. The first-order valence-corrected chi connectivity index (χ1v) is 15.2. The van der Waals surface area contributed by atoms with Gasteiger partial charge in [0.25, 0.3) is 0 Å². The van der Waals surface area contributed by atoms with Crippen molar-refractivity contribution in [2.75, 3.05) is 19.8 Å². The van der Waals surface area contributed by atoms with Crippen LogP contribution in [0.15, 0.2) is 79.0 Å². The summed E-state index contributed by atoms with van der Waals surface area (Å²) in [6, 6.07) is 24.6. The minimum Gasteiger partial charge on any atom is -0.494 e. The van der Waals surface area contributed by atoms with Gasteiger partial charge in [0.1, 0.15) is 24.7 Å². The van der Waals surface area contributed by atoms with Crippen molar-refractivity contribution in [1.82, 2.24) is 4.57 Å². The fourth-order valence-corrected chi connectivity index (χ4v) is 5.77. The van der Waals surface area contributed by atoms with Gasteiger partial charge in [0.2, 0.25) is 0 Å². The fraction of sp³-hybridized carbons (Fsp3) is 0.389. The molecule has 3 unspecified atom stereocenters. The molecule has 1 aromatic heterocycles. The van der Waals surface area contributed by atoms with E-state index < -0.39 is 0 Å². The van der Waals surface area contributed by atoms with Crippen molar-refractivity contribution >= 4 is 22.8 Å². The largest absolute Gasteiger partial charge is 0.494 e. The molecular weight excluding hydrogens is 558 g/mol. The van der Waals surface area contributed by atoms with Crippen molar-refractivity contribution < 1.29 is 33.3 Å². The molecule has 0 N–H and O–H groups in total. The zero-order valence-corrected chi connectivity index (χ0v) is 25.7. The number of rotatable bonds is 13. The Morgan fingerprint density at radius 2 is 1.68 bits per heavy atom. The molecule has 1 saturated heterocycles. The van der Waals surface area contributed by atoms with Gasteiger partial charge in [0.05, 0.1) is 31.4 Å². The number of ether oxygens (including phenoxy) is 5. The van der Waals surface area contributed by atoms with Crippen molar-refractivity contribution in [3.05, 3.63) is 101 Å². The number of carbonyl (C=O) groups is 2. The SMILES string of the molecule is CC(=O)OCC1CC(OC(C)=O)CC(n2cc(Cc3ccc(OCCCOCc4ccccc4)cc3)c3c(C)cccc32)O1. The first-order valence-electron chi connectivity index (χ1n) is 15.2. The summed E-state index contributed by atoms with van der Waals surface area (Å²) in [4.78, 5) is 23.3. The zero-order valence-electron chi connectivity index (χ0n) is 25.7. The first-order chi connectivity index (χ1) is 21.4. The predicted molar refractivity (Wildman–Crippen MR) is 167 cm³/mol. The molecule has 5 rings (SSSR count). The molecule has 0 spiro atoms. The quantitative estimate of drug-likeness (QED) is 0.125. The lowest BCUT2D eigenvalue weighted by Gasteiger charge is -2.35. The van der Waals surface area contributed by atoms with E-state index in [0.717, 1.165) is 24.1 Å². The summed E-state index contributed by atoms with van der Waals surface area (Å²) in [6.07, 6.45) is 3.59. The number of esters is 2. The van der Waals surface area contributed by atoms with Crippen LogP contribution < -0.4 is 4.74 Å². The highest BCUT2D eigenvalue weighted by molar-refractivity contribution is 5.87. The second kappa shape index (κ2) is 15.0. The van der Waals surface area contributed by atoms with E-state index in [9.17, 15) is 9.59 Å². The fourth-order valence-electron chi connectivity index (χ4n) is 5.77. The van der Waals surface area contributed by atoms with Crippen molar-refractivity contribution in [3.8, 4) is 5.75 Å². The normalized spacial score (nSPS) is 18.2. The number of carbonyl (C=O) groups excluding carboxylic acids is 2. The van der Waals surface area contributed by atoms with Gasteiger partial charge >= 0.3 is 11.9 Å². The standard InChI is InChI=1S/C36H41NO7/c1-25-9-7-12-34-36(25)30(22-37(34)35-21-32(43-27(3)39)20-33(44-35)24-42-26(2)38)19-28-13-15-31(16-14-28)41-18-8-17-40-23-29-10-5-4-6-11-29/h4-7,9-16,22,32-33,35H,8,17-21,23-24H2,1-3H3. The molecule has 8 heteroatoms. The molecule has 232 valence electrons. The van der Waals surface area contributed by atoms with Crippen LogP contribution in [0.5, 0.6) is 5.75 Å². The Hall–Kier alpha value is -4.14. The number of aromatic nitrogens is 1. The number of hydrogen-bond donors (Lipinski definition) is 0. The molecule has 44 heavy (non-hydrogen) atoms. The highest BCUT2D eigenvalue weighted by Gasteiger charge is 2.34. The van der Waals surface area contributed by atoms with Gasteiger partial charge in [-0.15, -0.1) is 0 Å². The Morgan fingerprint density at radius 3 is 2.43 bits per heavy atom. The summed E-state index contributed by atoms with van der Waals surface area (Å²) >= 11 is 0. The van der Waals surface area contributed by atoms with E-state index in [1.54, 1.807) is 0 Å².